The second-order valence-corrected chi connectivity index (χ2v) is 5.72. The van der Waals surface area contributed by atoms with Crippen molar-refractivity contribution in [2.24, 2.45) is 0 Å². The Bertz CT molecular complexity index is 795. The summed E-state index contributed by atoms with van der Waals surface area (Å²) in [4.78, 5) is 16.6. The van der Waals surface area contributed by atoms with Gasteiger partial charge >= 0.3 is 0 Å². The average molecular weight is 307 g/mol. The molecule has 5 heteroatoms. The van der Waals surface area contributed by atoms with Gasteiger partial charge in [0.1, 0.15) is 17.5 Å². The van der Waals surface area contributed by atoms with Crippen molar-refractivity contribution in [3.05, 3.63) is 58.9 Å². The molecule has 3 rings (SSSR count). The zero-order valence-electron chi connectivity index (χ0n) is 13.0. The van der Waals surface area contributed by atoms with Gasteiger partial charge in [-0.25, -0.2) is 4.98 Å². The van der Waals surface area contributed by atoms with Crippen LogP contribution in [0.3, 0.4) is 0 Å². The second kappa shape index (κ2) is 6.09. The standard InChI is InChI=1S/C18H17N3O2/c1-11-7-16(20-10-13(11)9-19)18(22)21-15-8-12(2)23-17-6-4-3-5-14(15)17/h3-7,10,12,15H,8H2,1-2H3,(H,21,22)/t12-,15-/m1/s1. The zero-order chi connectivity index (χ0) is 16.4. The van der Waals surface area contributed by atoms with Gasteiger partial charge in [0.2, 0.25) is 0 Å². The van der Waals surface area contributed by atoms with Gasteiger partial charge in [-0.2, -0.15) is 5.26 Å². The van der Waals surface area contributed by atoms with Crippen molar-refractivity contribution < 1.29 is 9.53 Å². The number of amides is 1. The Labute approximate surface area is 134 Å². The third kappa shape index (κ3) is 3.02. The van der Waals surface area contributed by atoms with E-state index in [0.717, 1.165) is 16.9 Å². The molecular weight excluding hydrogens is 290 g/mol. The van der Waals surface area contributed by atoms with Crippen molar-refractivity contribution >= 4 is 5.91 Å². The van der Waals surface area contributed by atoms with Crippen LogP contribution in [0.1, 0.15) is 46.6 Å². The molecule has 0 unspecified atom stereocenters. The van der Waals surface area contributed by atoms with Crippen molar-refractivity contribution in [2.45, 2.75) is 32.4 Å². The highest BCUT2D eigenvalue weighted by Crippen LogP contribution is 2.34. The van der Waals surface area contributed by atoms with Gasteiger partial charge in [0.05, 0.1) is 17.7 Å². The molecule has 116 valence electrons. The molecule has 0 radical (unpaired) electrons. The number of aryl methyl sites for hydroxylation is 1. The van der Waals surface area contributed by atoms with E-state index in [4.69, 9.17) is 10.00 Å². The molecule has 1 aromatic heterocycles. The van der Waals surface area contributed by atoms with Gasteiger partial charge < -0.3 is 10.1 Å². The van der Waals surface area contributed by atoms with Crippen LogP contribution in [0.2, 0.25) is 0 Å². The number of carbonyl (C=O) groups excluding carboxylic acids is 1. The summed E-state index contributed by atoms with van der Waals surface area (Å²) in [5.41, 5.74) is 2.52. The van der Waals surface area contributed by atoms with Crippen LogP contribution < -0.4 is 10.1 Å². The smallest absolute Gasteiger partial charge is 0.270 e. The van der Waals surface area contributed by atoms with Crippen LogP contribution in [0.25, 0.3) is 0 Å². The van der Waals surface area contributed by atoms with Crippen molar-refractivity contribution in [2.75, 3.05) is 0 Å². The van der Waals surface area contributed by atoms with Gasteiger partial charge in [-0.05, 0) is 31.5 Å². The van der Waals surface area contributed by atoms with E-state index >= 15 is 0 Å². The molecule has 1 N–H and O–H groups in total. The van der Waals surface area contributed by atoms with Crippen molar-refractivity contribution in [3.8, 4) is 11.8 Å². The maximum atomic E-state index is 12.5. The van der Waals surface area contributed by atoms with E-state index < -0.39 is 0 Å². The summed E-state index contributed by atoms with van der Waals surface area (Å²) in [5.74, 6) is 0.562. The van der Waals surface area contributed by atoms with E-state index in [1.165, 1.54) is 6.20 Å². The van der Waals surface area contributed by atoms with Crippen LogP contribution in [0, 0.1) is 18.3 Å². The molecule has 0 spiro atoms. The molecule has 23 heavy (non-hydrogen) atoms. The molecule has 5 nitrogen and oxygen atoms in total. The number of nitriles is 1. The van der Waals surface area contributed by atoms with Crippen molar-refractivity contribution in [3.63, 3.8) is 0 Å². The normalized spacial score (nSPS) is 19.2. The first-order chi connectivity index (χ1) is 11.1. The van der Waals surface area contributed by atoms with Gasteiger partial charge in [-0.1, -0.05) is 18.2 Å². The summed E-state index contributed by atoms with van der Waals surface area (Å²) in [7, 11) is 0. The molecule has 2 heterocycles. The number of nitrogens with one attached hydrogen (secondary N) is 1. The SMILES string of the molecule is Cc1cc(C(=O)N[C@@H]2C[C@@H](C)Oc3ccccc32)ncc1C#N. The first-order valence-electron chi connectivity index (χ1n) is 7.51. The number of nitrogens with zero attached hydrogens (tertiary/aromatic N) is 2. The molecule has 1 aliphatic rings. The number of hydrogen-bond donors (Lipinski definition) is 1. The van der Waals surface area contributed by atoms with E-state index in [9.17, 15) is 4.79 Å². The lowest BCUT2D eigenvalue weighted by Crippen LogP contribution is -2.35. The Morgan fingerprint density at radius 2 is 2.22 bits per heavy atom. The van der Waals surface area contributed by atoms with E-state index in [2.05, 4.69) is 16.4 Å². The van der Waals surface area contributed by atoms with Crippen LogP contribution >= 0.6 is 0 Å². The predicted octanol–water partition coefficient (Wildman–Crippen LogP) is 2.90. The minimum Gasteiger partial charge on any atom is -0.490 e. The molecule has 0 saturated heterocycles. The Morgan fingerprint density at radius 1 is 1.43 bits per heavy atom. The Morgan fingerprint density at radius 3 is 2.96 bits per heavy atom. The fourth-order valence-corrected chi connectivity index (χ4v) is 2.77. The molecule has 0 saturated carbocycles. The minimum absolute atomic E-state index is 0.0332. The number of hydrogen-bond acceptors (Lipinski definition) is 4. The number of aromatic nitrogens is 1. The molecule has 0 aliphatic carbocycles. The highest BCUT2D eigenvalue weighted by Gasteiger charge is 2.27. The predicted molar refractivity (Wildman–Crippen MR) is 85.0 cm³/mol. The van der Waals surface area contributed by atoms with Crippen LogP contribution in [-0.4, -0.2) is 17.0 Å². The van der Waals surface area contributed by atoms with E-state index in [1.807, 2.05) is 31.2 Å². The molecule has 1 amide bonds. The average Bonchev–Trinajstić information content (AvgIpc) is 2.54. The maximum Gasteiger partial charge on any atom is 0.270 e. The summed E-state index contributed by atoms with van der Waals surface area (Å²) < 4.78 is 5.80. The topological polar surface area (TPSA) is 75.0 Å². The highest BCUT2D eigenvalue weighted by atomic mass is 16.5. The van der Waals surface area contributed by atoms with Crippen LogP contribution in [0.5, 0.6) is 5.75 Å². The van der Waals surface area contributed by atoms with E-state index in [-0.39, 0.29) is 18.1 Å². The minimum atomic E-state index is -0.244. The molecule has 2 atom stereocenters. The van der Waals surface area contributed by atoms with Gasteiger partial charge in [0, 0.05) is 18.2 Å². The number of benzene rings is 1. The third-order valence-corrected chi connectivity index (χ3v) is 3.96. The summed E-state index contributed by atoms with van der Waals surface area (Å²) in [5, 5.41) is 12.0. The van der Waals surface area contributed by atoms with Crippen LogP contribution in [0.4, 0.5) is 0 Å². The van der Waals surface area contributed by atoms with Crippen LogP contribution in [0.15, 0.2) is 36.5 Å². The van der Waals surface area contributed by atoms with Crippen molar-refractivity contribution in [1.82, 2.24) is 10.3 Å². The molecule has 2 aromatic rings. The van der Waals surface area contributed by atoms with E-state index in [0.29, 0.717) is 17.7 Å². The summed E-state index contributed by atoms with van der Waals surface area (Å²) in [6, 6.07) is 11.3. The lowest BCUT2D eigenvalue weighted by Gasteiger charge is -2.30. The fraction of sp³-hybridized carbons (Fsp3) is 0.278. The first-order valence-corrected chi connectivity index (χ1v) is 7.51. The van der Waals surface area contributed by atoms with E-state index in [1.54, 1.807) is 13.0 Å². The highest BCUT2D eigenvalue weighted by molar-refractivity contribution is 5.92. The molecule has 1 aliphatic heterocycles. The van der Waals surface area contributed by atoms with Crippen LogP contribution in [-0.2, 0) is 0 Å². The molecule has 0 fully saturated rings. The summed E-state index contributed by atoms with van der Waals surface area (Å²) in [6.07, 6.45) is 2.17. The number of fused-ring (bicyclic) bond motifs is 1. The Hall–Kier alpha value is -2.87. The number of para-hydroxylation sites is 1. The second-order valence-electron chi connectivity index (χ2n) is 5.72. The van der Waals surface area contributed by atoms with Crippen molar-refractivity contribution in [1.29, 1.82) is 5.26 Å². The monoisotopic (exact) mass is 307 g/mol. The lowest BCUT2D eigenvalue weighted by molar-refractivity contribution is 0.0901. The number of ether oxygens (including phenoxy) is 1. The lowest BCUT2D eigenvalue weighted by atomic mass is 9.97. The largest absolute Gasteiger partial charge is 0.490 e. The van der Waals surface area contributed by atoms with Gasteiger partial charge in [-0.3, -0.25) is 4.79 Å². The summed E-state index contributed by atoms with van der Waals surface area (Å²) >= 11 is 0. The fourth-order valence-electron chi connectivity index (χ4n) is 2.77. The van der Waals surface area contributed by atoms with Gasteiger partial charge in [0.15, 0.2) is 0 Å². The number of rotatable bonds is 2. The third-order valence-electron chi connectivity index (χ3n) is 3.96. The number of pyridine rings is 1. The quantitative estimate of drug-likeness (QED) is 0.925. The number of carbonyl (C=O) groups is 1. The summed E-state index contributed by atoms with van der Waals surface area (Å²) in [6.45, 7) is 3.78. The zero-order valence-corrected chi connectivity index (χ0v) is 13.0. The van der Waals surface area contributed by atoms with Gasteiger partial charge in [0.25, 0.3) is 5.91 Å². The maximum absolute atomic E-state index is 12.5. The Balaban J connectivity index is 1.83. The molecule has 1 aromatic carbocycles. The molecule has 0 bridgehead atoms. The van der Waals surface area contributed by atoms with Gasteiger partial charge in [-0.15, -0.1) is 0 Å². The first kappa shape index (κ1) is 15.0. The Kier molecular flexibility index (Phi) is 3.98. The molecular formula is C18H17N3O2.